The molecule has 1 saturated carbocycles. The molecule has 2 aromatic carbocycles. The van der Waals surface area contributed by atoms with Crippen molar-refractivity contribution in [1.29, 1.82) is 0 Å². The molecule has 1 aliphatic rings. The van der Waals surface area contributed by atoms with Gasteiger partial charge in [0, 0.05) is 48.7 Å². The number of carboxylic acid groups (broad SMARTS) is 1. The molecule has 5 aromatic rings. The molecule has 1 aliphatic carbocycles. The molecule has 0 spiro atoms. The maximum atomic E-state index is 13.5. The molecular formula is C29H26N4O4. The average molecular weight is 495 g/mol. The molecule has 0 atom stereocenters. The molecule has 1 fully saturated rings. The summed E-state index contributed by atoms with van der Waals surface area (Å²) in [6, 6.07) is 17.5. The highest BCUT2D eigenvalue weighted by atomic mass is 16.4. The summed E-state index contributed by atoms with van der Waals surface area (Å²) in [7, 11) is 3.59. The minimum absolute atomic E-state index is 0.146. The summed E-state index contributed by atoms with van der Waals surface area (Å²) in [6.45, 7) is 0. The summed E-state index contributed by atoms with van der Waals surface area (Å²) in [5.74, 6) is 0.593. The Morgan fingerprint density at radius 3 is 2.32 bits per heavy atom. The minimum atomic E-state index is -1.02. The molecule has 2 N–H and O–H groups in total. The van der Waals surface area contributed by atoms with Crippen molar-refractivity contribution in [3.05, 3.63) is 89.1 Å². The number of nitrogens with one attached hydrogen (secondary N) is 1. The van der Waals surface area contributed by atoms with Crippen LogP contribution in [0.5, 0.6) is 0 Å². The molecule has 6 rings (SSSR count). The van der Waals surface area contributed by atoms with Gasteiger partial charge in [0.2, 0.25) is 0 Å². The van der Waals surface area contributed by atoms with E-state index in [2.05, 4.69) is 10.4 Å². The summed E-state index contributed by atoms with van der Waals surface area (Å²) in [4.78, 5) is 24.9. The van der Waals surface area contributed by atoms with Crippen LogP contribution in [0, 0.1) is 0 Å². The van der Waals surface area contributed by atoms with Crippen LogP contribution >= 0.6 is 0 Å². The normalized spacial score (nSPS) is 14.4. The molecule has 186 valence electrons. The molecule has 8 heteroatoms. The first-order chi connectivity index (χ1) is 17.9. The van der Waals surface area contributed by atoms with Crippen LogP contribution in [0.2, 0.25) is 0 Å². The number of fused-ring (bicyclic) bond motifs is 1. The van der Waals surface area contributed by atoms with Crippen molar-refractivity contribution in [3.8, 4) is 33.6 Å². The second kappa shape index (κ2) is 8.51. The SMILES string of the molecule is Cn1cc(-c2cn(C)c(=O)c3c(-c4ccccc4)c(-c4ccc(C5(NC(=O)O)CCC5)cc4)oc23)cn1. The number of hydrogen-bond acceptors (Lipinski definition) is 4. The minimum Gasteiger partial charge on any atom is -0.465 e. The highest BCUT2D eigenvalue weighted by Gasteiger charge is 2.40. The summed E-state index contributed by atoms with van der Waals surface area (Å²) < 4.78 is 9.84. The Morgan fingerprint density at radius 2 is 1.73 bits per heavy atom. The van der Waals surface area contributed by atoms with Gasteiger partial charge in [0.25, 0.3) is 5.56 Å². The highest BCUT2D eigenvalue weighted by molar-refractivity contribution is 6.06. The lowest BCUT2D eigenvalue weighted by Crippen LogP contribution is -2.50. The van der Waals surface area contributed by atoms with E-state index in [-0.39, 0.29) is 5.56 Å². The second-order valence-corrected chi connectivity index (χ2v) is 9.68. The number of hydrogen-bond donors (Lipinski definition) is 2. The summed E-state index contributed by atoms with van der Waals surface area (Å²) in [6.07, 6.45) is 6.92. The molecule has 3 heterocycles. The van der Waals surface area contributed by atoms with Gasteiger partial charge in [0.05, 0.1) is 17.1 Å². The van der Waals surface area contributed by atoms with E-state index in [1.165, 1.54) is 0 Å². The molecule has 0 unspecified atom stereocenters. The molecule has 0 aliphatic heterocycles. The van der Waals surface area contributed by atoms with Crippen molar-refractivity contribution in [2.24, 2.45) is 14.1 Å². The first kappa shape index (κ1) is 22.8. The number of aryl methyl sites for hydroxylation is 2. The highest BCUT2D eigenvalue weighted by Crippen LogP contribution is 2.45. The third-order valence-corrected chi connectivity index (χ3v) is 7.34. The van der Waals surface area contributed by atoms with Gasteiger partial charge in [-0.3, -0.25) is 9.48 Å². The first-order valence-electron chi connectivity index (χ1n) is 12.2. The van der Waals surface area contributed by atoms with Crippen LogP contribution in [0.4, 0.5) is 4.79 Å². The fraction of sp³-hybridized carbons (Fsp3) is 0.207. The van der Waals surface area contributed by atoms with E-state index < -0.39 is 11.6 Å². The number of aromatic nitrogens is 3. The average Bonchev–Trinajstić information content (AvgIpc) is 3.49. The zero-order chi connectivity index (χ0) is 25.7. The fourth-order valence-corrected chi connectivity index (χ4v) is 5.32. The third-order valence-electron chi connectivity index (χ3n) is 7.34. The zero-order valence-corrected chi connectivity index (χ0v) is 20.6. The summed E-state index contributed by atoms with van der Waals surface area (Å²) in [5.41, 5.74) is 4.79. The smallest absolute Gasteiger partial charge is 0.405 e. The number of amides is 1. The van der Waals surface area contributed by atoms with E-state index in [0.29, 0.717) is 16.7 Å². The van der Waals surface area contributed by atoms with E-state index in [9.17, 15) is 14.7 Å². The summed E-state index contributed by atoms with van der Waals surface area (Å²) >= 11 is 0. The molecule has 0 radical (unpaired) electrons. The van der Waals surface area contributed by atoms with E-state index in [4.69, 9.17) is 4.42 Å². The van der Waals surface area contributed by atoms with Crippen LogP contribution in [0.1, 0.15) is 24.8 Å². The molecule has 8 nitrogen and oxygen atoms in total. The first-order valence-corrected chi connectivity index (χ1v) is 12.2. The number of carbonyl (C=O) groups is 1. The van der Waals surface area contributed by atoms with E-state index >= 15 is 0 Å². The van der Waals surface area contributed by atoms with Crippen molar-refractivity contribution in [2.45, 2.75) is 24.8 Å². The molecule has 0 saturated heterocycles. The van der Waals surface area contributed by atoms with Gasteiger partial charge >= 0.3 is 6.09 Å². The van der Waals surface area contributed by atoms with E-state index in [1.807, 2.05) is 67.8 Å². The number of furan rings is 1. The topological polar surface area (TPSA) is 102 Å². The zero-order valence-electron chi connectivity index (χ0n) is 20.6. The maximum Gasteiger partial charge on any atom is 0.405 e. The van der Waals surface area contributed by atoms with Gasteiger partial charge in [-0.2, -0.15) is 5.10 Å². The van der Waals surface area contributed by atoms with Crippen LogP contribution in [0.25, 0.3) is 44.5 Å². The Balaban J connectivity index is 1.58. The lowest BCUT2D eigenvalue weighted by Gasteiger charge is -2.42. The Hall–Kier alpha value is -4.59. The van der Waals surface area contributed by atoms with E-state index in [1.54, 1.807) is 28.7 Å². The Kier molecular flexibility index (Phi) is 5.26. The molecular weight excluding hydrogens is 468 g/mol. The van der Waals surface area contributed by atoms with Crippen molar-refractivity contribution in [3.63, 3.8) is 0 Å². The van der Waals surface area contributed by atoms with Gasteiger partial charge in [-0.15, -0.1) is 0 Å². The second-order valence-electron chi connectivity index (χ2n) is 9.68. The molecule has 0 bridgehead atoms. The number of rotatable bonds is 5. The van der Waals surface area contributed by atoms with Crippen LogP contribution in [0.15, 0.2) is 82.4 Å². The van der Waals surface area contributed by atoms with Crippen LogP contribution < -0.4 is 10.9 Å². The molecule has 1 amide bonds. The van der Waals surface area contributed by atoms with Crippen molar-refractivity contribution in [2.75, 3.05) is 0 Å². The predicted octanol–water partition coefficient (Wildman–Crippen LogP) is 5.51. The maximum absolute atomic E-state index is 13.5. The van der Waals surface area contributed by atoms with Gasteiger partial charge in [0.15, 0.2) is 0 Å². The molecule has 37 heavy (non-hydrogen) atoms. The van der Waals surface area contributed by atoms with E-state index in [0.717, 1.165) is 52.6 Å². The quantitative estimate of drug-likeness (QED) is 0.335. The van der Waals surface area contributed by atoms with Gasteiger partial charge in [-0.1, -0.05) is 54.6 Å². The van der Waals surface area contributed by atoms with Gasteiger partial charge in [-0.25, -0.2) is 4.79 Å². The predicted molar refractivity (Wildman–Crippen MR) is 141 cm³/mol. The number of nitrogens with zero attached hydrogens (tertiary/aromatic N) is 3. The largest absolute Gasteiger partial charge is 0.465 e. The van der Waals surface area contributed by atoms with Crippen LogP contribution in [-0.2, 0) is 19.6 Å². The van der Waals surface area contributed by atoms with Gasteiger partial charge in [-0.05, 0) is 30.4 Å². The monoisotopic (exact) mass is 494 g/mol. The lowest BCUT2D eigenvalue weighted by atomic mass is 9.72. The van der Waals surface area contributed by atoms with Gasteiger partial charge in [0.1, 0.15) is 11.3 Å². The van der Waals surface area contributed by atoms with Crippen molar-refractivity contribution in [1.82, 2.24) is 19.7 Å². The third kappa shape index (κ3) is 3.72. The van der Waals surface area contributed by atoms with Gasteiger partial charge < -0.3 is 19.4 Å². The Bertz CT molecular complexity index is 1690. The number of pyridine rings is 1. The lowest BCUT2D eigenvalue weighted by molar-refractivity contribution is 0.144. The number of benzene rings is 2. The standard InChI is InChI=1S/C29H26N4O4/c1-32-17-22(20-15-30-33(2)16-20)26-24(27(32)34)23(18-7-4-3-5-8-18)25(37-26)19-9-11-21(12-10-19)29(13-6-14-29)31-28(35)36/h3-5,7-12,15-17,31H,6,13-14H2,1-2H3,(H,35,36). The van der Waals surface area contributed by atoms with Crippen molar-refractivity contribution >= 4 is 17.1 Å². The Morgan fingerprint density at radius 1 is 1.00 bits per heavy atom. The molecule has 3 aromatic heterocycles. The van der Waals surface area contributed by atoms with Crippen LogP contribution in [-0.4, -0.2) is 25.5 Å². The summed E-state index contributed by atoms with van der Waals surface area (Å²) in [5, 5.41) is 16.9. The fourth-order valence-electron chi connectivity index (χ4n) is 5.32. The van der Waals surface area contributed by atoms with Crippen LogP contribution in [0.3, 0.4) is 0 Å². The van der Waals surface area contributed by atoms with Crippen molar-refractivity contribution < 1.29 is 14.3 Å². The Labute approximate surface area is 212 Å².